The molecule has 0 bridgehead atoms. The van der Waals surface area contributed by atoms with Gasteiger partial charge in [-0.15, -0.1) is 0 Å². The summed E-state index contributed by atoms with van der Waals surface area (Å²) in [7, 11) is 0. The normalized spacial score (nSPS) is 32.6. The van der Waals surface area contributed by atoms with E-state index in [1.165, 1.54) is 19.3 Å². The summed E-state index contributed by atoms with van der Waals surface area (Å²) in [5.41, 5.74) is 0. The Morgan fingerprint density at radius 2 is 2.40 bits per heavy atom. The molecule has 10 heavy (non-hydrogen) atoms. The minimum Gasteiger partial charge on any atom is -0.308 e. The minimum absolute atomic E-state index is 0.588. The molecule has 2 atom stereocenters. The predicted molar refractivity (Wildman–Crippen MR) is 45.1 cm³/mol. The first-order valence-electron chi connectivity index (χ1n) is 4.25. The molecule has 0 aromatic rings. The van der Waals surface area contributed by atoms with Crippen LogP contribution in [-0.4, -0.2) is 12.1 Å². The molecular weight excluding hydrogens is 122 g/mol. The molecule has 58 valence electrons. The molecule has 0 spiro atoms. The van der Waals surface area contributed by atoms with Crippen molar-refractivity contribution in [1.29, 1.82) is 0 Å². The lowest BCUT2D eigenvalue weighted by molar-refractivity contribution is 0.439. The molecule has 0 saturated heterocycles. The van der Waals surface area contributed by atoms with Crippen LogP contribution < -0.4 is 5.32 Å². The van der Waals surface area contributed by atoms with E-state index in [-0.39, 0.29) is 0 Å². The van der Waals surface area contributed by atoms with E-state index in [2.05, 4.69) is 31.3 Å². The zero-order chi connectivity index (χ0) is 7.40. The summed E-state index contributed by atoms with van der Waals surface area (Å²) in [5, 5.41) is 3.53. The van der Waals surface area contributed by atoms with Gasteiger partial charge in [-0.05, 0) is 19.8 Å². The Kier molecular flexibility index (Phi) is 2.94. The van der Waals surface area contributed by atoms with Crippen molar-refractivity contribution >= 4 is 0 Å². The van der Waals surface area contributed by atoms with E-state index in [0.29, 0.717) is 6.04 Å². The first-order valence-corrected chi connectivity index (χ1v) is 4.25. The van der Waals surface area contributed by atoms with Crippen LogP contribution in [0.3, 0.4) is 0 Å². The number of nitrogens with one attached hydrogen (secondary N) is 1. The molecule has 0 unspecified atom stereocenters. The Hall–Kier alpha value is -0.300. The van der Waals surface area contributed by atoms with E-state index in [4.69, 9.17) is 0 Å². The topological polar surface area (TPSA) is 12.0 Å². The summed E-state index contributed by atoms with van der Waals surface area (Å²) in [6.45, 7) is 4.45. The highest BCUT2D eigenvalue weighted by Gasteiger charge is 2.11. The molecule has 0 radical (unpaired) electrons. The van der Waals surface area contributed by atoms with E-state index >= 15 is 0 Å². The molecule has 0 aromatic heterocycles. The van der Waals surface area contributed by atoms with Gasteiger partial charge >= 0.3 is 0 Å². The van der Waals surface area contributed by atoms with E-state index in [9.17, 15) is 0 Å². The van der Waals surface area contributed by atoms with Crippen molar-refractivity contribution in [3.63, 3.8) is 0 Å². The second-order valence-electron chi connectivity index (χ2n) is 3.10. The molecule has 1 aliphatic rings. The van der Waals surface area contributed by atoms with E-state index in [0.717, 1.165) is 6.04 Å². The summed E-state index contributed by atoms with van der Waals surface area (Å²) in [6.07, 6.45) is 8.36. The molecule has 1 heteroatoms. The van der Waals surface area contributed by atoms with Crippen LogP contribution in [0.5, 0.6) is 0 Å². The van der Waals surface area contributed by atoms with E-state index in [1.54, 1.807) is 0 Å². The summed E-state index contributed by atoms with van der Waals surface area (Å²) in [5.74, 6) is 0. The third-order valence-corrected chi connectivity index (χ3v) is 1.98. The second kappa shape index (κ2) is 3.77. The van der Waals surface area contributed by atoms with Crippen LogP contribution in [0.4, 0.5) is 0 Å². The highest BCUT2D eigenvalue weighted by atomic mass is 14.9. The van der Waals surface area contributed by atoms with Crippen LogP contribution in [0.25, 0.3) is 0 Å². The molecule has 0 aliphatic carbocycles. The van der Waals surface area contributed by atoms with Crippen molar-refractivity contribution in [2.45, 2.75) is 45.2 Å². The van der Waals surface area contributed by atoms with Crippen LogP contribution in [0.2, 0.25) is 0 Å². The highest BCUT2D eigenvalue weighted by Crippen LogP contribution is 2.08. The molecule has 1 rings (SSSR count). The van der Waals surface area contributed by atoms with Gasteiger partial charge in [0.05, 0.1) is 0 Å². The lowest BCUT2D eigenvalue weighted by Crippen LogP contribution is -2.37. The average Bonchev–Trinajstić information content (AvgIpc) is 1.88. The van der Waals surface area contributed by atoms with E-state index < -0.39 is 0 Å². The van der Waals surface area contributed by atoms with Gasteiger partial charge in [0.15, 0.2) is 0 Å². The van der Waals surface area contributed by atoms with Gasteiger partial charge in [0.2, 0.25) is 0 Å². The van der Waals surface area contributed by atoms with Crippen molar-refractivity contribution in [1.82, 2.24) is 5.32 Å². The number of hydrogen-bond acceptors (Lipinski definition) is 1. The van der Waals surface area contributed by atoms with Gasteiger partial charge in [-0.3, -0.25) is 0 Å². The largest absolute Gasteiger partial charge is 0.308 e. The first-order chi connectivity index (χ1) is 4.83. The summed E-state index contributed by atoms with van der Waals surface area (Å²) in [6, 6.07) is 1.33. The van der Waals surface area contributed by atoms with Gasteiger partial charge in [0, 0.05) is 12.1 Å². The fraction of sp³-hybridized carbons (Fsp3) is 0.778. The highest BCUT2D eigenvalue weighted by molar-refractivity contribution is 4.99. The minimum atomic E-state index is 0.588. The Balaban J connectivity index is 2.29. The predicted octanol–water partition coefficient (Wildman–Crippen LogP) is 2.09. The summed E-state index contributed by atoms with van der Waals surface area (Å²) >= 11 is 0. The molecular formula is C9H17N. The third kappa shape index (κ3) is 2.14. The van der Waals surface area contributed by atoms with Gasteiger partial charge in [-0.2, -0.15) is 0 Å². The Morgan fingerprint density at radius 3 is 3.00 bits per heavy atom. The Labute approximate surface area is 63.5 Å². The number of rotatable bonds is 2. The fourth-order valence-electron chi connectivity index (χ4n) is 1.49. The van der Waals surface area contributed by atoms with Gasteiger partial charge in [0.1, 0.15) is 0 Å². The van der Waals surface area contributed by atoms with Crippen molar-refractivity contribution in [3.8, 4) is 0 Å². The Bertz CT molecular complexity index is 118. The van der Waals surface area contributed by atoms with Crippen LogP contribution in [0.1, 0.15) is 33.1 Å². The molecule has 1 aliphatic heterocycles. The Morgan fingerprint density at radius 1 is 1.60 bits per heavy atom. The zero-order valence-corrected chi connectivity index (χ0v) is 6.93. The maximum absolute atomic E-state index is 3.53. The first kappa shape index (κ1) is 7.80. The molecule has 0 amide bonds. The van der Waals surface area contributed by atoms with Gasteiger partial charge in [-0.1, -0.05) is 25.5 Å². The van der Waals surface area contributed by atoms with Gasteiger partial charge in [-0.25, -0.2) is 0 Å². The molecule has 0 saturated carbocycles. The molecule has 1 N–H and O–H groups in total. The monoisotopic (exact) mass is 139 g/mol. The summed E-state index contributed by atoms with van der Waals surface area (Å²) in [4.78, 5) is 0. The second-order valence-corrected chi connectivity index (χ2v) is 3.10. The zero-order valence-electron chi connectivity index (χ0n) is 6.93. The average molecular weight is 139 g/mol. The van der Waals surface area contributed by atoms with Crippen molar-refractivity contribution in [2.75, 3.05) is 0 Å². The smallest absolute Gasteiger partial charge is 0.0224 e. The third-order valence-electron chi connectivity index (χ3n) is 1.98. The fourth-order valence-corrected chi connectivity index (χ4v) is 1.49. The molecule has 0 fully saturated rings. The van der Waals surface area contributed by atoms with E-state index in [1.807, 2.05) is 0 Å². The lowest BCUT2D eigenvalue weighted by Gasteiger charge is -2.23. The van der Waals surface area contributed by atoms with Gasteiger partial charge in [0.25, 0.3) is 0 Å². The van der Waals surface area contributed by atoms with Gasteiger partial charge < -0.3 is 5.32 Å². The standard InChI is InChI=1S/C9H17N/c1-3-5-9-7-4-6-8(2)10-9/h4,6,8-10H,3,5,7H2,1-2H3/t8-,9-/m0/s1. The SMILES string of the molecule is CCC[C@H]1CC=C[C@H](C)N1. The van der Waals surface area contributed by atoms with Crippen molar-refractivity contribution in [3.05, 3.63) is 12.2 Å². The molecule has 0 aromatic carbocycles. The quantitative estimate of drug-likeness (QED) is 0.578. The lowest BCUT2D eigenvalue weighted by atomic mass is 10.0. The summed E-state index contributed by atoms with van der Waals surface area (Å²) < 4.78 is 0. The van der Waals surface area contributed by atoms with Crippen LogP contribution in [0.15, 0.2) is 12.2 Å². The maximum atomic E-state index is 3.53. The maximum Gasteiger partial charge on any atom is 0.0224 e. The van der Waals surface area contributed by atoms with Crippen LogP contribution in [0, 0.1) is 0 Å². The van der Waals surface area contributed by atoms with Crippen LogP contribution >= 0.6 is 0 Å². The molecule has 1 heterocycles. The molecule has 1 nitrogen and oxygen atoms in total. The van der Waals surface area contributed by atoms with Crippen molar-refractivity contribution < 1.29 is 0 Å². The number of hydrogen-bond donors (Lipinski definition) is 1. The van der Waals surface area contributed by atoms with Crippen molar-refractivity contribution in [2.24, 2.45) is 0 Å². The van der Waals surface area contributed by atoms with Crippen LogP contribution in [-0.2, 0) is 0 Å².